The Bertz CT molecular complexity index is 972. The molecule has 0 aliphatic heterocycles. The number of nitrogens with zero attached hydrogens (tertiary/aromatic N) is 1. The number of halogens is 1. The highest BCUT2D eigenvalue weighted by molar-refractivity contribution is 7.14. The Kier molecular flexibility index (Phi) is 5.61. The fraction of sp³-hybridized carbons (Fsp3) is 0.150. The molecule has 3 rings (SSSR count). The summed E-state index contributed by atoms with van der Waals surface area (Å²) in [5, 5.41) is 4.86. The second kappa shape index (κ2) is 8.09. The van der Waals surface area contributed by atoms with Gasteiger partial charge in [0.1, 0.15) is 5.82 Å². The van der Waals surface area contributed by atoms with Gasteiger partial charge in [-0.25, -0.2) is 14.2 Å². The molecule has 0 radical (unpaired) electrons. The Labute approximate surface area is 159 Å². The van der Waals surface area contributed by atoms with Gasteiger partial charge in [0.25, 0.3) is 5.91 Å². The lowest BCUT2D eigenvalue weighted by molar-refractivity contribution is -0.123. The minimum absolute atomic E-state index is 0.0540. The van der Waals surface area contributed by atoms with Crippen molar-refractivity contribution in [2.24, 2.45) is 0 Å². The summed E-state index contributed by atoms with van der Waals surface area (Å²) in [4.78, 5) is 28.7. The highest BCUT2D eigenvalue weighted by atomic mass is 32.1. The number of amides is 1. The van der Waals surface area contributed by atoms with E-state index in [4.69, 9.17) is 4.74 Å². The maximum atomic E-state index is 13.6. The zero-order valence-electron chi connectivity index (χ0n) is 14.7. The molecule has 0 aliphatic carbocycles. The highest BCUT2D eigenvalue weighted by Gasteiger charge is 2.20. The smallest absolute Gasteiger partial charge is 0.339 e. The maximum Gasteiger partial charge on any atom is 0.339 e. The van der Waals surface area contributed by atoms with Crippen LogP contribution in [0.5, 0.6) is 0 Å². The van der Waals surface area contributed by atoms with Gasteiger partial charge in [-0.3, -0.25) is 10.1 Å². The van der Waals surface area contributed by atoms with E-state index in [9.17, 15) is 14.0 Å². The number of esters is 1. The molecule has 1 aromatic heterocycles. The average Bonchev–Trinajstić information content (AvgIpc) is 3.13. The van der Waals surface area contributed by atoms with Crippen molar-refractivity contribution < 1.29 is 18.7 Å². The van der Waals surface area contributed by atoms with Crippen molar-refractivity contribution in [2.75, 3.05) is 5.32 Å². The first kappa shape index (κ1) is 18.7. The lowest BCUT2D eigenvalue weighted by atomic mass is 10.1. The minimum Gasteiger partial charge on any atom is -0.449 e. The van der Waals surface area contributed by atoms with Crippen LogP contribution in [0.15, 0.2) is 53.9 Å². The maximum absolute atomic E-state index is 13.6. The molecular formula is C20H17FN2O3S. The second-order valence-electron chi connectivity index (χ2n) is 5.90. The van der Waals surface area contributed by atoms with Gasteiger partial charge in [-0.15, -0.1) is 11.3 Å². The van der Waals surface area contributed by atoms with Crippen molar-refractivity contribution in [3.63, 3.8) is 0 Å². The van der Waals surface area contributed by atoms with Crippen LogP contribution in [0, 0.1) is 12.7 Å². The number of benzene rings is 2. The zero-order valence-corrected chi connectivity index (χ0v) is 15.5. The minimum atomic E-state index is -1.05. The fourth-order valence-corrected chi connectivity index (χ4v) is 3.00. The number of hydrogen-bond acceptors (Lipinski definition) is 5. The Hall–Kier alpha value is -3.06. The van der Waals surface area contributed by atoms with Crippen LogP contribution in [0.3, 0.4) is 0 Å². The number of rotatable bonds is 5. The van der Waals surface area contributed by atoms with Crippen molar-refractivity contribution in [1.29, 1.82) is 0 Å². The normalized spacial score (nSPS) is 11.7. The number of hydrogen-bond donors (Lipinski definition) is 1. The van der Waals surface area contributed by atoms with E-state index < -0.39 is 23.8 Å². The molecule has 1 N–H and O–H groups in total. The fourth-order valence-electron chi connectivity index (χ4n) is 2.28. The number of aromatic nitrogens is 1. The van der Waals surface area contributed by atoms with Gasteiger partial charge in [0.2, 0.25) is 0 Å². The Morgan fingerprint density at radius 3 is 2.63 bits per heavy atom. The molecule has 0 spiro atoms. The number of ether oxygens (including phenoxy) is 1. The molecule has 138 valence electrons. The van der Waals surface area contributed by atoms with Crippen LogP contribution in [0.25, 0.3) is 11.3 Å². The van der Waals surface area contributed by atoms with Crippen molar-refractivity contribution >= 4 is 28.3 Å². The quantitative estimate of drug-likeness (QED) is 0.660. The van der Waals surface area contributed by atoms with E-state index in [2.05, 4.69) is 10.3 Å². The largest absolute Gasteiger partial charge is 0.449 e. The van der Waals surface area contributed by atoms with Crippen LogP contribution in [-0.4, -0.2) is 23.0 Å². The van der Waals surface area contributed by atoms with E-state index in [1.165, 1.54) is 30.4 Å². The van der Waals surface area contributed by atoms with Crippen LogP contribution in [0.2, 0.25) is 0 Å². The van der Waals surface area contributed by atoms with Crippen LogP contribution in [0.1, 0.15) is 22.8 Å². The molecule has 0 saturated carbocycles. The molecule has 1 atom stereocenters. The van der Waals surface area contributed by atoms with Gasteiger partial charge in [-0.2, -0.15) is 0 Å². The molecule has 27 heavy (non-hydrogen) atoms. The summed E-state index contributed by atoms with van der Waals surface area (Å²) in [6, 6.07) is 13.6. The lowest BCUT2D eigenvalue weighted by Gasteiger charge is -2.12. The van der Waals surface area contributed by atoms with Gasteiger partial charge >= 0.3 is 5.97 Å². The first-order valence-electron chi connectivity index (χ1n) is 8.23. The highest BCUT2D eigenvalue weighted by Crippen LogP contribution is 2.24. The van der Waals surface area contributed by atoms with Crippen LogP contribution < -0.4 is 5.32 Å². The molecule has 2 aromatic carbocycles. The number of anilines is 1. The van der Waals surface area contributed by atoms with Gasteiger partial charge in [-0.05, 0) is 31.5 Å². The summed E-state index contributed by atoms with van der Waals surface area (Å²) < 4.78 is 18.7. The van der Waals surface area contributed by atoms with E-state index in [0.29, 0.717) is 10.7 Å². The van der Waals surface area contributed by atoms with Crippen LogP contribution in [-0.2, 0) is 9.53 Å². The molecule has 0 saturated heterocycles. The Balaban J connectivity index is 1.61. The third kappa shape index (κ3) is 4.57. The lowest BCUT2D eigenvalue weighted by Crippen LogP contribution is -2.30. The summed E-state index contributed by atoms with van der Waals surface area (Å²) in [6.07, 6.45) is -1.05. The third-order valence-electron chi connectivity index (χ3n) is 3.86. The summed E-state index contributed by atoms with van der Waals surface area (Å²) in [6.45, 7) is 3.04. The molecule has 0 fully saturated rings. The van der Waals surface area contributed by atoms with E-state index in [-0.39, 0.29) is 5.56 Å². The molecule has 1 heterocycles. The Morgan fingerprint density at radius 2 is 1.93 bits per heavy atom. The number of nitrogens with one attached hydrogen (secondary N) is 1. The predicted octanol–water partition coefficient (Wildman–Crippen LogP) is 4.44. The number of aryl methyl sites for hydroxylation is 1. The van der Waals surface area contributed by atoms with Crippen molar-refractivity contribution in [2.45, 2.75) is 20.0 Å². The molecule has 7 heteroatoms. The molecule has 0 unspecified atom stereocenters. The van der Waals surface area contributed by atoms with Crippen molar-refractivity contribution in [3.8, 4) is 11.3 Å². The summed E-state index contributed by atoms with van der Waals surface area (Å²) in [5.41, 5.74) is 2.17. The van der Waals surface area contributed by atoms with E-state index in [1.807, 2.05) is 35.7 Å². The molecule has 3 aromatic rings. The van der Waals surface area contributed by atoms with E-state index in [1.54, 1.807) is 6.92 Å². The Morgan fingerprint density at radius 1 is 1.19 bits per heavy atom. The van der Waals surface area contributed by atoms with Gasteiger partial charge in [0.05, 0.1) is 11.3 Å². The van der Waals surface area contributed by atoms with E-state index >= 15 is 0 Å². The topological polar surface area (TPSA) is 68.3 Å². The van der Waals surface area contributed by atoms with Gasteiger partial charge in [-0.1, -0.05) is 36.4 Å². The SMILES string of the molecule is Cc1ccc(C(=O)O[C@H](C)C(=O)Nc2nc(-c3ccccc3)cs2)cc1F. The number of carbonyl (C=O) groups is 2. The predicted molar refractivity (Wildman–Crippen MR) is 102 cm³/mol. The van der Waals surface area contributed by atoms with E-state index in [0.717, 1.165) is 17.3 Å². The van der Waals surface area contributed by atoms with Crippen molar-refractivity contribution in [1.82, 2.24) is 4.98 Å². The molecule has 5 nitrogen and oxygen atoms in total. The first-order valence-corrected chi connectivity index (χ1v) is 9.11. The monoisotopic (exact) mass is 384 g/mol. The summed E-state index contributed by atoms with van der Waals surface area (Å²) in [7, 11) is 0. The first-order chi connectivity index (χ1) is 12.9. The number of thiazole rings is 1. The van der Waals surface area contributed by atoms with Gasteiger partial charge in [0, 0.05) is 10.9 Å². The van der Waals surface area contributed by atoms with Crippen LogP contribution in [0.4, 0.5) is 9.52 Å². The summed E-state index contributed by atoms with van der Waals surface area (Å²) >= 11 is 1.28. The standard InChI is InChI=1S/C20H17FN2O3S/c1-12-8-9-15(10-16(12)21)19(25)26-13(2)18(24)23-20-22-17(11-27-20)14-6-4-3-5-7-14/h3-11,13H,1-2H3,(H,22,23,24)/t13-/m1/s1. The van der Waals surface area contributed by atoms with Gasteiger partial charge in [0.15, 0.2) is 11.2 Å². The zero-order chi connectivity index (χ0) is 19.4. The summed E-state index contributed by atoms with van der Waals surface area (Å²) in [5.74, 6) is -1.77. The molecular weight excluding hydrogens is 367 g/mol. The molecule has 0 bridgehead atoms. The molecule has 0 aliphatic rings. The molecule has 1 amide bonds. The third-order valence-corrected chi connectivity index (χ3v) is 4.62. The average molecular weight is 384 g/mol. The van der Waals surface area contributed by atoms with Crippen LogP contribution >= 0.6 is 11.3 Å². The second-order valence-corrected chi connectivity index (χ2v) is 6.76. The van der Waals surface area contributed by atoms with Crippen molar-refractivity contribution in [3.05, 3.63) is 70.9 Å². The van der Waals surface area contributed by atoms with Gasteiger partial charge < -0.3 is 4.74 Å². The number of carbonyl (C=O) groups excluding carboxylic acids is 2.